The molecule has 1 unspecified atom stereocenters. The molecule has 7 heteroatoms. The average Bonchev–Trinajstić information content (AvgIpc) is 2.21. The molecule has 0 spiro atoms. The summed E-state index contributed by atoms with van der Waals surface area (Å²) in [5.41, 5.74) is 5.51. The van der Waals surface area contributed by atoms with E-state index in [9.17, 15) is 13.5 Å². The highest BCUT2D eigenvalue weighted by atomic mass is 32.2. The molecule has 96 valence electrons. The van der Waals surface area contributed by atoms with Crippen LogP contribution in [0.25, 0.3) is 0 Å². The number of phenolic OH excluding ortho intramolecular Hbond substituents is 1. The number of hydrogen-bond donors (Lipinski definition) is 3. The maximum absolute atomic E-state index is 11.9. The van der Waals surface area contributed by atoms with Gasteiger partial charge in [0, 0.05) is 11.8 Å². The normalized spacial score (nSPS) is 13.5. The fourth-order valence-electron chi connectivity index (χ4n) is 1.32. The van der Waals surface area contributed by atoms with Crippen LogP contribution in [0, 0.1) is 0 Å². The van der Waals surface area contributed by atoms with Crippen molar-refractivity contribution in [3.8, 4) is 5.75 Å². The van der Waals surface area contributed by atoms with Gasteiger partial charge >= 0.3 is 0 Å². The number of hydrogen-bond acceptors (Lipinski definition) is 5. The van der Waals surface area contributed by atoms with Crippen molar-refractivity contribution in [1.29, 1.82) is 0 Å². The summed E-state index contributed by atoms with van der Waals surface area (Å²) in [6, 6.07) is 3.66. The van der Waals surface area contributed by atoms with E-state index in [1.807, 2.05) is 6.26 Å². The lowest BCUT2D eigenvalue weighted by molar-refractivity contribution is 0.477. The molecule has 0 amide bonds. The van der Waals surface area contributed by atoms with E-state index in [-0.39, 0.29) is 22.4 Å². The van der Waals surface area contributed by atoms with Gasteiger partial charge < -0.3 is 10.8 Å². The Hall–Kier alpha value is -0.920. The number of aromatic hydroxyl groups is 1. The lowest BCUT2D eigenvalue weighted by Gasteiger charge is -2.13. The molecule has 1 aromatic carbocycles. The number of thioether (sulfide) groups is 1. The van der Waals surface area contributed by atoms with Crippen molar-refractivity contribution < 1.29 is 13.5 Å². The second kappa shape index (κ2) is 5.61. The number of anilines is 1. The third-order valence-corrected chi connectivity index (χ3v) is 4.50. The Labute approximate surface area is 105 Å². The summed E-state index contributed by atoms with van der Waals surface area (Å²) >= 11 is 1.56. The van der Waals surface area contributed by atoms with E-state index in [1.54, 1.807) is 18.7 Å². The first kappa shape index (κ1) is 14.1. The molecule has 5 nitrogen and oxygen atoms in total. The number of benzene rings is 1. The van der Waals surface area contributed by atoms with E-state index in [0.717, 1.165) is 0 Å². The molecule has 0 heterocycles. The van der Waals surface area contributed by atoms with Crippen LogP contribution < -0.4 is 10.5 Å². The molecular formula is C10H16N2O3S2. The van der Waals surface area contributed by atoms with Gasteiger partial charge in [-0.05, 0) is 31.4 Å². The fourth-order valence-corrected chi connectivity index (χ4v) is 3.28. The molecule has 0 fully saturated rings. The molecule has 0 aliphatic heterocycles. The minimum absolute atomic E-state index is 0.0467. The largest absolute Gasteiger partial charge is 0.506 e. The molecule has 0 aliphatic carbocycles. The second-order valence-electron chi connectivity index (χ2n) is 3.70. The van der Waals surface area contributed by atoms with Gasteiger partial charge in [0.25, 0.3) is 0 Å². The SMILES string of the molecule is CSCC(C)NS(=O)(=O)c1ccc(O)c(N)c1. The maximum atomic E-state index is 11.9. The van der Waals surface area contributed by atoms with E-state index in [1.165, 1.54) is 18.2 Å². The van der Waals surface area contributed by atoms with Crippen LogP contribution >= 0.6 is 11.8 Å². The van der Waals surface area contributed by atoms with Gasteiger partial charge in [0.1, 0.15) is 5.75 Å². The van der Waals surface area contributed by atoms with E-state index in [0.29, 0.717) is 5.75 Å². The van der Waals surface area contributed by atoms with Crippen molar-refractivity contribution in [2.45, 2.75) is 17.9 Å². The van der Waals surface area contributed by atoms with Crippen LogP contribution in [0.4, 0.5) is 5.69 Å². The van der Waals surface area contributed by atoms with E-state index in [4.69, 9.17) is 5.73 Å². The van der Waals surface area contributed by atoms with Gasteiger partial charge in [-0.25, -0.2) is 13.1 Å². The van der Waals surface area contributed by atoms with Crippen LogP contribution in [0.3, 0.4) is 0 Å². The third kappa shape index (κ3) is 3.79. The van der Waals surface area contributed by atoms with Gasteiger partial charge in [-0.1, -0.05) is 0 Å². The van der Waals surface area contributed by atoms with Crippen LogP contribution in [-0.4, -0.2) is 31.6 Å². The first-order valence-corrected chi connectivity index (χ1v) is 7.84. The Kier molecular flexibility index (Phi) is 4.67. The van der Waals surface area contributed by atoms with Gasteiger partial charge in [0.15, 0.2) is 0 Å². The lowest BCUT2D eigenvalue weighted by atomic mass is 10.3. The molecule has 0 radical (unpaired) electrons. The van der Waals surface area contributed by atoms with Crippen LogP contribution in [0.5, 0.6) is 5.75 Å². The number of sulfonamides is 1. The molecule has 0 saturated carbocycles. The second-order valence-corrected chi connectivity index (χ2v) is 6.32. The molecular weight excluding hydrogens is 260 g/mol. The molecule has 1 aromatic rings. The Morgan fingerprint density at radius 1 is 1.53 bits per heavy atom. The molecule has 0 aliphatic rings. The van der Waals surface area contributed by atoms with Crippen LogP contribution in [-0.2, 0) is 10.0 Å². The van der Waals surface area contributed by atoms with E-state index in [2.05, 4.69) is 4.72 Å². The zero-order valence-corrected chi connectivity index (χ0v) is 11.3. The molecule has 1 rings (SSSR count). The molecule has 0 bridgehead atoms. The topological polar surface area (TPSA) is 92.4 Å². The Balaban J connectivity index is 2.93. The quantitative estimate of drug-likeness (QED) is 0.551. The van der Waals surface area contributed by atoms with Crippen LogP contribution in [0.2, 0.25) is 0 Å². The number of nitrogens with two attached hydrogens (primary N) is 1. The Morgan fingerprint density at radius 2 is 2.18 bits per heavy atom. The molecule has 0 aromatic heterocycles. The van der Waals surface area contributed by atoms with E-state index < -0.39 is 10.0 Å². The monoisotopic (exact) mass is 276 g/mol. The third-order valence-electron chi connectivity index (χ3n) is 2.08. The zero-order chi connectivity index (χ0) is 13.1. The van der Waals surface area contributed by atoms with Crippen LogP contribution in [0.15, 0.2) is 23.1 Å². The summed E-state index contributed by atoms with van der Waals surface area (Å²) < 4.78 is 26.4. The highest BCUT2D eigenvalue weighted by Gasteiger charge is 2.17. The van der Waals surface area contributed by atoms with Gasteiger partial charge in [-0.2, -0.15) is 11.8 Å². The van der Waals surface area contributed by atoms with E-state index >= 15 is 0 Å². The molecule has 1 atom stereocenters. The van der Waals surface area contributed by atoms with Gasteiger partial charge in [-0.15, -0.1) is 0 Å². The summed E-state index contributed by atoms with van der Waals surface area (Å²) in [5.74, 6) is 0.563. The summed E-state index contributed by atoms with van der Waals surface area (Å²) in [7, 11) is -3.58. The highest BCUT2D eigenvalue weighted by Crippen LogP contribution is 2.23. The van der Waals surface area contributed by atoms with Crippen molar-refractivity contribution in [2.75, 3.05) is 17.7 Å². The number of nitrogens with one attached hydrogen (secondary N) is 1. The number of rotatable bonds is 5. The predicted molar refractivity (Wildman–Crippen MR) is 70.7 cm³/mol. The molecule has 17 heavy (non-hydrogen) atoms. The summed E-state index contributed by atoms with van der Waals surface area (Å²) in [6.45, 7) is 1.79. The Bertz CT molecular complexity index is 488. The minimum atomic E-state index is -3.58. The van der Waals surface area contributed by atoms with Gasteiger partial charge in [0.2, 0.25) is 10.0 Å². The van der Waals surface area contributed by atoms with Crippen molar-refractivity contribution in [2.24, 2.45) is 0 Å². The number of nitrogen functional groups attached to an aromatic ring is 1. The first-order chi connectivity index (χ1) is 7.86. The predicted octanol–water partition coefficient (Wildman–Crippen LogP) is 1.00. The smallest absolute Gasteiger partial charge is 0.240 e. The number of phenols is 1. The first-order valence-electron chi connectivity index (χ1n) is 4.96. The van der Waals surface area contributed by atoms with Crippen molar-refractivity contribution >= 4 is 27.5 Å². The molecule has 0 saturated heterocycles. The summed E-state index contributed by atoms with van der Waals surface area (Å²) in [4.78, 5) is 0.0563. The standard InChI is InChI=1S/C10H16N2O3S2/c1-7(6-16-2)12-17(14,15)8-3-4-10(13)9(11)5-8/h3-5,7,12-13H,6,11H2,1-2H3. The van der Waals surface area contributed by atoms with Gasteiger partial charge in [0.05, 0.1) is 10.6 Å². The van der Waals surface area contributed by atoms with Crippen molar-refractivity contribution in [3.63, 3.8) is 0 Å². The lowest BCUT2D eigenvalue weighted by Crippen LogP contribution is -2.34. The zero-order valence-electron chi connectivity index (χ0n) is 9.67. The highest BCUT2D eigenvalue weighted by molar-refractivity contribution is 7.98. The van der Waals surface area contributed by atoms with Gasteiger partial charge in [-0.3, -0.25) is 0 Å². The minimum Gasteiger partial charge on any atom is -0.506 e. The van der Waals surface area contributed by atoms with Crippen LogP contribution in [0.1, 0.15) is 6.92 Å². The summed E-state index contributed by atoms with van der Waals surface area (Å²) in [5, 5.41) is 9.23. The van der Waals surface area contributed by atoms with Crippen molar-refractivity contribution in [3.05, 3.63) is 18.2 Å². The fraction of sp³-hybridized carbons (Fsp3) is 0.400. The Morgan fingerprint density at radius 3 is 2.71 bits per heavy atom. The summed E-state index contributed by atoms with van der Waals surface area (Å²) in [6.07, 6.45) is 1.91. The molecule has 4 N–H and O–H groups in total. The maximum Gasteiger partial charge on any atom is 0.240 e. The van der Waals surface area contributed by atoms with Crippen molar-refractivity contribution in [1.82, 2.24) is 4.72 Å². The average molecular weight is 276 g/mol.